The standard InChI is InChI=1S/C20H20N4O2/c25-19(15-8-3-1-4-9-15)23-13-7-10-16(14-23)18-21-20(26)24(22-18)17-11-5-2-6-12-17/h1-6,8-9,11-12,16H,7,10,13-14H2,(H,21,22,26). The topological polar surface area (TPSA) is 71.0 Å². The Morgan fingerprint density at radius 1 is 1.04 bits per heavy atom. The number of amides is 1. The van der Waals surface area contributed by atoms with Crippen molar-refractivity contribution in [2.75, 3.05) is 13.1 Å². The first-order valence-corrected chi connectivity index (χ1v) is 8.81. The van der Waals surface area contributed by atoms with Crippen LogP contribution in [0, 0.1) is 0 Å². The van der Waals surface area contributed by atoms with Gasteiger partial charge in [-0.25, -0.2) is 4.79 Å². The minimum atomic E-state index is -0.252. The molecule has 26 heavy (non-hydrogen) atoms. The largest absolute Gasteiger partial charge is 0.348 e. The molecular weight excluding hydrogens is 328 g/mol. The maximum atomic E-state index is 12.7. The zero-order chi connectivity index (χ0) is 17.9. The van der Waals surface area contributed by atoms with E-state index in [4.69, 9.17) is 0 Å². The molecule has 1 atom stereocenters. The van der Waals surface area contributed by atoms with E-state index in [0.29, 0.717) is 17.9 Å². The minimum Gasteiger partial charge on any atom is -0.338 e. The SMILES string of the molecule is O=C(c1ccccc1)N1CCCC(c2nn(-c3ccccc3)c(=O)[nH]2)C1. The fourth-order valence-electron chi connectivity index (χ4n) is 3.42. The van der Waals surface area contributed by atoms with Gasteiger partial charge in [-0.15, -0.1) is 5.10 Å². The number of nitrogens with one attached hydrogen (secondary N) is 1. The van der Waals surface area contributed by atoms with E-state index < -0.39 is 0 Å². The first kappa shape index (κ1) is 16.3. The van der Waals surface area contributed by atoms with Crippen LogP contribution in [0.4, 0.5) is 0 Å². The van der Waals surface area contributed by atoms with Gasteiger partial charge in [0.1, 0.15) is 5.82 Å². The number of hydrogen-bond donors (Lipinski definition) is 1. The highest BCUT2D eigenvalue weighted by Gasteiger charge is 2.28. The third-order valence-corrected chi connectivity index (χ3v) is 4.75. The molecule has 2 heterocycles. The third kappa shape index (κ3) is 3.18. The molecule has 0 radical (unpaired) electrons. The van der Waals surface area contributed by atoms with E-state index in [1.807, 2.05) is 65.6 Å². The van der Waals surface area contributed by atoms with Gasteiger partial charge in [0.25, 0.3) is 5.91 Å². The zero-order valence-corrected chi connectivity index (χ0v) is 14.3. The molecule has 4 rings (SSSR count). The van der Waals surface area contributed by atoms with Gasteiger partial charge in [-0.05, 0) is 37.1 Å². The first-order chi connectivity index (χ1) is 12.7. The highest BCUT2D eigenvalue weighted by atomic mass is 16.2. The second-order valence-electron chi connectivity index (χ2n) is 6.52. The summed E-state index contributed by atoms with van der Waals surface area (Å²) in [4.78, 5) is 29.7. The summed E-state index contributed by atoms with van der Waals surface area (Å²) in [6.07, 6.45) is 1.80. The average Bonchev–Trinajstić information content (AvgIpc) is 3.10. The number of carbonyl (C=O) groups is 1. The number of H-pyrrole nitrogens is 1. The van der Waals surface area contributed by atoms with E-state index in [1.165, 1.54) is 4.68 Å². The molecule has 1 amide bonds. The number of nitrogens with zero attached hydrogens (tertiary/aromatic N) is 3. The molecule has 0 saturated carbocycles. The van der Waals surface area contributed by atoms with Crippen molar-refractivity contribution in [1.82, 2.24) is 19.7 Å². The Hall–Kier alpha value is -3.15. The lowest BCUT2D eigenvalue weighted by molar-refractivity contribution is 0.0704. The fraction of sp³-hybridized carbons (Fsp3) is 0.250. The molecule has 0 spiro atoms. The molecule has 1 unspecified atom stereocenters. The number of likely N-dealkylation sites (tertiary alicyclic amines) is 1. The molecule has 1 aliphatic rings. The highest BCUT2D eigenvalue weighted by Crippen LogP contribution is 2.25. The van der Waals surface area contributed by atoms with E-state index in [2.05, 4.69) is 10.1 Å². The molecule has 6 nitrogen and oxygen atoms in total. The van der Waals surface area contributed by atoms with Gasteiger partial charge in [0.05, 0.1) is 5.69 Å². The van der Waals surface area contributed by atoms with Gasteiger partial charge in [-0.1, -0.05) is 36.4 Å². The predicted molar refractivity (Wildman–Crippen MR) is 98.5 cm³/mol. The van der Waals surface area contributed by atoms with Crippen molar-refractivity contribution in [2.24, 2.45) is 0 Å². The number of rotatable bonds is 3. The summed E-state index contributed by atoms with van der Waals surface area (Å²) < 4.78 is 1.38. The van der Waals surface area contributed by atoms with Gasteiger partial charge >= 0.3 is 5.69 Å². The Bertz CT molecular complexity index is 947. The smallest absolute Gasteiger partial charge is 0.338 e. The van der Waals surface area contributed by atoms with Gasteiger partial charge in [0.15, 0.2) is 0 Å². The fourth-order valence-corrected chi connectivity index (χ4v) is 3.42. The number of para-hydroxylation sites is 1. The lowest BCUT2D eigenvalue weighted by atomic mass is 9.97. The lowest BCUT2D eigenvalue weighted by Gasteiger charge is -2.31. The van der Waals surface area contributed by atoms with Crippen molar-refractivity contribution in [3.05, 3.63) is 82.5 Å². The number of aromatic amines is 1. The molecule has 3 aromatic rings. The zero-order valence-electron chi connectivity index (χ0n) is 14.3. The highest BCUT2D eigenvalue weighted by molar-refractivity contribution is 5.94. The molecule has 0 bridgehead atoms. The molecule has 1 N–H and O–H groups in total. The van der Waals surface area contributed by atoms with Gasteiger partial charge in [0.2, 0.25) is 0 Å². The van der Waals surface area contributed by atoms with Crippen LogP contribution < -0.4 is 5.69 Å². The molecule has 1 aliphatic heterocycles. The summed E-state index contributed by atoms with van der Waals surface area (Å²) in [6, 6.07) is 18.6. The summed E-state index contributed by atoms with van der Waals surface area (Å²) in [5, 5.41) is 4.48. The summed E-state index contributed by atoms with van der Waals surface area (Å²) in [5.41, 5.74) is 1.17. The molecule has 132 valence electrons. The van der Waals surface area contributed by atoms with Crippen molar-refractivity contribution in [3.63, 3.8) is 0 Å². The monoisotopic (exact) mass is 348 g/mol. The van der Waals surface area contributed by atoms with Crippen LogP contribution in [0.5, 0.6) is 0 Å². The Labute approximate surface area is 151 Å². The van der Waals surface area contributed by atoms with Crippen molar-refractivity contribution in [2.45, 2.75) is 18.8 Å². The number of aromatic nitrogens is 3. The Morgan fingerprint density at radius 2 is 1.73 bits per heavy atom. The quantitative estimate of drug-likeness (QED) is 0.791. The van der Waals surface area contributed by atoms with Gasteiger partial charge < -0.3 is 4.90 Å². The lowest BCUT2D eigenvalue weighted by Crippen LogP contribution is -2.39. The van der Waals surface area contributed by atoms with Crippen LogP contribution in [-0.4, -0.2) is 38.7 Å². The molecule has 1 saturated heterocycles. The predicted octanol–water partition coefficient (Wildman–Crippen LogP) is 2.58. The second-order valence-corrected chi connectivity index (χ2v) is 6.52. The number of carbonyl (C=O) groups excluding carboxylic acids is 1. The Balaban J connectivity index is 1.55. The summed E-state index contributed by atoms with van der Waals surface area (Å²) in [6.45, 7) is 1.29. The van der Waals surface area contributed by atoms with E-state index in [1.54, 1.807) is 0 Å². The molecule has 0 aliphatic carbocycles. The van der Waals surface area contributed by atoms with Gasteiger partial charge in [0, 0.05) is 24.6 Å². The third-order valence-electron chi connectivity index (χ3n) is 4.75. The average molecular weight is 348 g/mol. The first-order valence-electron chi connectivity index (χ1n) is 8.81. The second kappa shape index (κ2) is 7.00. The maximum Gasteiger partial charge on any atom is 0.348 e. The summed E-state index contributed by atoms with van der Waals surface area (Å²) in [5.74, 6) is 0.707. The maximum absolute atomic E-state index is 12.7. The van der Waals surface area contributed by atoms with E-state index in [0.717, 1.165) is 25.1 Å². The van der Waals surface area contributed by atoms with Crippen LogP contribution in [-0.2, 0) is 0 Å². The van der Waals surface area contributed by atoms with E-state index >= 15 is 0 Å². The van der Waals surface area contributed by atoms with Crippen LogP contribution >= 0.6 is 0 Å². The number of hydrogen-bond acceptors (Lipinski definition) is 3. The normalized spacial score (nSPS) is 17.2. The Kier molecular flexibility index (Phi) is 4.39. The van der Waals surface area contributed by atoms with E-state index in [-0.39, 0.29) is 17.5 Å². The van der Waals surface area contributed by atoms with Crippen LogP contribution in [0.1, 0.15) is 34.9 Å². The van der Waals surface area contributed by atoms with E-state index in [9.17, 15) is 9.59 Å². The minimum absolute atomic E-state index is 0.0279. The van der Waals surface area contributed by atoms with Crippen molar-refractivity contribution in [3.8, 4) is 5.69 Å². The van der Waals surface area contributed by atoms with Gasteiger partial charge in [-0.3, -0.25) is 9.78 Å². The van der Waals surface area contributed by atoms with Gasteiger partial charge in [-0.2, -0.15) is 4.68 Å². The Morgan fingerprint density at radius 3 is 2.46 bits per heavy atom. The van der Waals surface area contributed by atoms with Crippen LogP contribution in [0.15, 0.2) is 65.5 Å². The molecule has 1 fully saturated rings. The van der Waals surface area contributed by atoms with Crippen LogP contribution in [0.25, 0.3) is 5.69 Å². The number of benzene rings is 2. The molecule has 6 heteroatoms. The molecular formula is C20H20N4O2. The molecule has 1 aromatic heterocycles. The summed E-state index contributed by atoms with van der Waals surface area (Å²) in [7, 11) is 0. The van der Waals surface area contributed by atoms with Crippen LogP contribution in [0.2, 0.25) is 0 Å². The summed E-state index contributed by atoms with van der Waals surface area (Å²) >= 11 is 0. The van der Waals surface area contributed by atoms with Crippen molar-refractivity contribution in [1.29, 1.82) is 0 Å². The van der Waals surface area contributed by atoms with Crippen molar-refractivity contribution >= 4 is 5.91 Å². The van der Waals surface area contributed by atoms with Crippen molar-refractivity contribution < 1.29 is 4.79 Å². The molecule has 2 aromatic carbocycles. The van der Waals surface area contributed by atoms with Crippen LogP contribution in [0.3, 0.4) is 0 Å². The number of piperidine rings is 1.